The Balaban J connectivity index is 1.99. The van der Waals surface area contributed by atoms with Crippen LogP contribution in [-0.4, -0.2) is 35.5 Å². The molecule has 0 saturated carbocycles. The molecule has 0 amide bonds. The summed E-state index contributed by atoms with van der Waals surface area (Å²) in [6.07, 6.45) is 3.06. The molecule has 3 heterocycles. The van der Waals surface area contributed by atoms with Crippen molar-refractivity contribution in [3.8, 4) is 22.4 Å². The van der Waals surface area contributed by atoms with Crippen molar-refractivity contribution in [2.45, 2.75) is 0 Å². The van der Waals surface area contributed by atoms with E-state index in [2.05, 4.69) is 15.2 Å². The molecule has 1 aromatic carbocycles. The summed E-state index contributed by atoms with van der Waals surface area (Å²) in [5, 5.41) is 17.9. The van der Waals surface area contributed by atoms with Crippen LogP contribution in [0.3, 0.4) is 0 Å². The van der Waals surface area contributed by atoms with Crippen LogP contribution in [0.5, 0.6) is 0 Å². The van der Waals surface area contributed by atoms with Crippen LogP contribution in [0, 0.1) is 5.82 Å². The standard InChI is InChI=1S/C17H11ClFN5O2/c1-23-7-12(15(22-23)9-2-4-10(19)5-3-9)11-6-14(18)21-24-8-13(17(25)26)20-16(11)24/h2-8H,1H3,(H,25,26). The number of carbonyl (C=O) groups is 1. The molecule has 0 bridgehead atoms. The van der Waals surface area contributed by atoms with E-state index in [9.17, 15) is 14.3 Å². The highest BCUT2D eigenvalue weighted by atomic mass is 35.5. The summed E-state index contributed by atoms with van der Waals surface area (Å²) in [4.78, 5) is 15.4. The Morgan fingerprint density at radius 2 is 1.88 bits per heavy atom. The van der Waals surface area contributed by atoms with E-state index < -0.39 is 5.97 Å². The van der Waals surface area contributed by atoms with Gasteiger partial charge in [0.2, 0.25) is 0 Å². The predicted molar refractivity (Wildman–Crippen MR) is 92.6 cm³/mol. The molecule has 26 heavy (non-hydrogen) atoms. The quantitative estimate of drug-likeness (QED) is 0.597. The molecule has 4 aromatic rings. The lowest BCUT2D eigenvalue weighted by Crippen LogP contribution is -1.95. The van der Waals surface area contributed by atoms with E-state index >= 15 is 0 Å². The van der Waals surface area contributed by atoms with Crippen molar-refractivity contribution in [1.29, 1.82) is 0 Å². The summed E-state index contributed by atoms with van der Waals surface area (Å²) < 4.78 is 16.2. The third-order valence-electron chi connectivity index (χ3n) is 3.85. The number of nitrogens with zero attached hydrogens (tertiary/aromatic N) is 5. The molecule has 130 valence electrons. The van der Waals surface area contributed by atoms with Gasteiger partial charge < -0.3 is 5.11 Å². The smallest absolute Gasteiger partial charge is 0.356 e. The molecule has 0 radical (unpaired) electrons. The Kier molecular flexibility index (Phi) is 3.69. The highest BCUT2D eigenvalue weighted by Crippen LogP contribution is 2.34. The van der Waals surface area contributed by atoms with Crippen molar-refractivity contribution in [3.05, 3.63) is 59.4 Å². The van der Waals surface area contributed by atoms with Crippen LogP contribution < -0.4 is 0 Å². The lowest BCUT2D eigenvalue weighted by atomic mass is 10.0. The number of halogens is 2. The second-order valence-corrected chi connectivity index (χ2v) is 6.04. The van der Waals surface area contributed by atoms with Gasteiger partial charge in [-0.2, -0.15) is 10.2 Å². The van der Waals surface area contributed by atoms with Gasteiger partial charge in [-0.05, 0) is 30.3 Å². The fourth-order valence-electron chi connectivity index (χ4n) is 2.75. The first-order chi connectivity index (χ1) is 12.4. The molecular weight excluding hydrogens is 361 g/mol. The number of carboxylic acid groups (broad SMARTS) is 1. The molecule has 9 heteroatoms. The first-order valence-corrected chi connectivity index (χ1v) is 7.89. The van der Waals surface area contributed by atoms with Crippen molar-refractivity contribution >= 4 is 23.2 Å². The Hall–Kier alpha value is -3.26. The number of rotatable bonds is 3. The molecule has 0 fully saturated rings. The maximum Gasteiger partial charge on any atom is 0.356 e. The molecule has 0 aliphatic carbocycles. The van der Waals surface area contributed by atoms with Gasteiger partial charge in [0.05, 0.1) is 6.20 Å². The van der Waals surface area contributed by atoms with Crippen LogP contribution in [0.15, 0.2) is 42.7 Å². The van der Waals surface area contributed by atoms with Gasteiger partial charge in [0.15, 0.2) is 16.5 Å². The topological polar surface area (TPSA) is 85.3 Å². The van der Waals surface area contributed by atoms with Gasteiger partial charge in [0, 0.05) is 29.9 Å². The molecule has 4 rings (SSSR count). The number of aromatic nitrogens is 5. The van der Waals surface area contributed by atoms with Crippen molar-refractivity contribution in [3.63, 3.8) is 0 Å². The molecule has 3 aromatic heterocycles. The average molecular weight is 372 g/mol. The molecule has 0 saturated heterocycles. The van der Waals surface area contributed by atoms with E-state index in [1.54, 1.807) is 36.1 Å². The monoisotopic (exact) mass is 371 g/mol. The molecular formula is C17H11ClFN5O2. The van der Waals surface area contributed by atoms with Gasteiger partial charge >= 0.3 is 5.97 Å². The summed E-state index contributed by atoms with van der Waals surface area (Å²) in [5.41, 5.74) is 2.74. The zero-order valence-electron chi connectivity index (χ0n) is 13.4. The van der Waals surface area contributed by atoms with Gasteiger partial charge in [-0.3, -0.25) is 4.68 Å². The van der Waals surface area contributed by atoms with Crippen LogP contribution in [0.4, 0.5) is 4.39 Å². The summed E-state index contributed by atoms with van der Waals surface area (Å²) in [5.74, 6) is -1.51. The fourth-order valence-corrected chi connectivity index (χ4v) is 2.94. The second kappa shape index (κ2) is 5.92. The molecule has 0 unspecified atom stereocenters. The lowest BCUT2D eigenvalue weighted by Gasteiger charge is -2.05. The number of carboxylic acids is 1. The normalized spacial score (nSPS) is 11.2. The minimum absolute atomic E-state index is 0.145. The van der Waals surface area contributed by atoms with Crippen molar-refractivity contribution < 1.29 is 14.3 Å². The summed E-state index contributed by atoms with van der Waals surface area (Å²) in [6.45, 7) is 0. The maximum atomic E-state index is 13.3. The molecule has 1 N–H and O–H groups in total. The number of aromatic carboxylic acids is 1. The largest absolute Gasteiger partial charge is 0.476 e. The van der Waals surface area contributed by atoms with Crippen LogP contribution in [0.25, 0.3) is 28.0 Å². The molecule has 0 aliphatic rings. The minimum atomic E-state index is -1.16. The van der Waals surface area contributed by atoms with Gasteiger partial charge in [-0.1, -0.05) is 11.6 Å². The number of hydrogen-bond acceptors (Lipinski definition) is 4. The molecule has 0 atom stereocenters. The van der Waals surface area contributed by atoms with Gasteiger partial charge in [0.1, 0.15) is 11.5 Å². The SMILES string of the molecule is Cn1cc(-c2cc(Cl)nn3cc(C(=O)O)nc23)c(-c2ccc(F)cc2)n1. The van der Waals surface area contributed by atoms with Gasteiger partial charge in [-0.15, -0.1) is 0 Å². The number of hydrogen-bond donors (Lipinski definition) is 1. The van der Waals surface area contributed by atoms with Crippen molar-refractivity contribution in [1.82, 2.24) is 24.4 Å². The minimum Gasteiger partial charge on any atom is -0.476 e. The van der Waals surface area contributed by atoms with E-state index in [1.807, 2.05) is 0 Å². The second-order valence-electron chi connectivity index (χ2n) is 5.65. The third kappa shape index (κ3) is 2.70. The lowest BCUT2D eigenvalue weighted by molar-refractivity contribution is 0.0691. The van der Waals surface area contributed by atoms with Crippen LogP contribution in [-0.2, 0) is 7.05 Å². The van der Waals surface area contributed by atoms with Crippen molar-refractivity contribution in [2.24, 2.45) is 7.05 Å². The number of fused-ring (bicyclic) bond motifs is 1. The van der Waals surface area contributed by atoms with Crippen LogP contribution in [0.1, 0.15) is 10.5 Å². The summed E-state index contributed by atoms with van der Waals surface area (Å²) >= 11 is 6.10. The molecule has 0 aliphatic heterocycles. The summed E-state index contributed by atoms with van der Waals surface area (Å²) in [6, 6.07) is 7.53. The number of benzene rings is 1. The van der Waals surface area contributed by atoms with Gasteiger partial charge in [0.25, 0.3) is 0 Å². The van der Waals surface area contributed by atoms with Crippen LogP contribution in [0.2, 0.25) is 5.15 Å². The Morgan fingerprint density at radius 1 is 1.15 bits per heavy atom. The Labute approximate surface area is 151 Å². The number of aryl methyl sites for hydroxylation is 1. The molecule has 0 spiro atoms. The van der Waals surface area contributed by atoms with Gasteiger partial charge in [-0.25, -0.2) is 18.7 Å². The van der Waals surface area contributed by atoms with E-state index in [4.69, 9.17) is 11.6 Å². The highest BCUT2D eigenvalue weighted by Gasteiger charge is 2.19. The zero-order chi connectivity index (χ0) is 18.4. The van der Waals surface area contributed by atoms with E-state index in [1.165, 1.54) is 22.8 Å². The fraction of sp³-hybridized carbons (Fsp3) is 0.0588. The maximum absolute atomic E-state index is 13.3. The summed E-state index contributed by atoms with van der Waals surface area (Å²) in [7, 11) is 1.75. The molecule has 7 nitrogen and oxygen atoms in total. The Bertz CT molecular complexity index is 1150. The average Bonchev–Trinajstić information content (AvgIpc) is 3.18. The first-order valence-electron chi connectivity index (χ1n) is 7.51. The van der Waals surface area contributed by atoms with E-state index in [0.717, 1.165) is 0 Å². The zero-order valence-corrected chi connectivity index (χ0v) is 14.1. The van der Waals surface area contributed by atoms with Crippen molar-refractivity contribution in [2.75, 3.05) is 0 Å². The highest BCUT2D eigenvalue weighted by molar-refractivity contribution is 6.29. The first kappa shape index (κ1) is 16.2. The predicted octanol–water partition coefficient (Wildman–Crippen LogP) is 3.29. The van der Waals surface area contributed by atoms with E-state index in [0.29, 0.717) is 28.0 Å². The third-order valence-corrected chi connectivity index (χ3v) is 4.04. The number of imidazole rings is 1. The van der Waals surface area contributed by atoms with E-state index in [-0.39, 0.29) is 16.7 Å². The Morgan fingerprint density at radius 3 is 2.58 bits per heavy atom. The van der Waals surface area contributed by atoms with Crippen LogP contribution >= 0.6 is 11.6 Å².